The van der Waals surface area contributed by atoms with Crippen LogP contribution in [-0.4, -0.2) is 106 Å². The van der Waals surface area contributed by atoms with Gasteiger partial charge in [0.05, 0.1) is 13.7 Å². The van der Waals surface area contributed by atoms with Crippen LogP contribution in [0.15, 0.2) is 59.7 Å². The highest BCUT2D eigenvalue weighted by molar-refractivity contribution is 5.68. The number of fused-ring (bicyclic) bond motifs is 1. The van der Waals surface area contributed by atoms with E-state index in [1.54, 1.807) is 48.5 Å². The molecule has 2 aromatic rings. The molecule has 52 heavy (non-hydrogen) atoms. The molecule has 280 valence electrons. The molecule has 0 spiro atoms. The van der Waals surface area contributed by atoms with Gasteiger partial charge in [-0.1, -0.05) is 35.4 Å². The van der Waals surface area contributed by atoms with Crippen LogP contribution in [-0.2, 0) is 61.8 Å². The second kappa shape index (κ2) is 17.5. The van der Waals surface area contributed by atoms with Gasteiger partial charge in [-0.2, -0.15) is 0 Å². The van der Waals surface area contributed by atoms with E-state index in [-0.39, 0.29) is 6.61 Å². The molecular weight excluding hydrogens is 690 g/mol. The molecule has 5 rings (SSSR count). The SMILES string of the molecule is COc1ccc(O[C@@H]2O[C@@H]3COC(c4ccccc4)O[C@@H]3[C@H](O[C@H]3O[C@@H](COC(C)=O)[C@@H](OC(C)=O)[C@@H](OC(C)=O)[C@@H]3OC(C)=O)[C@H]2N=[N+]=[N-])cc1. The van der Waals surface area contributed by atoms with Crippen LogP contribution in [0.5, 0.6) is 11.5 Å². The average Bonchev–Trinajstić information content (AvgIpc) is 3.11. The van der Waals surface area contributed by atoms with Crippen LogP contribution in [0.3, 0.4) is 0 Å². The number of rotatable bonds is 12. The Kier molecular flexibility index (Phi) is 12.9. The van der Waals surface area contributed by atoms with E-state index in [1.807, 2.05) is 6.07 Å². The van der Waals surface area contributed by atoms with E-state index in [2.05, 4.69) is 10.0 Å². The zero-order valence-corrected chi connectivity index (χ0v) is 28.9. The van der Waals surface area contributed by atoms with Crippen molar-refractivity contribution in [3.05, 3.63) is 70.6 Å². The van der Waals surface area contributed by atoms with Crippen LogP contribution < -0.4 is 9.47 Å². The van der Waals surface area contributed by atoms with E-state index in [1.165, 1.54) is 7.11 Å². The number of hydrogen-bond donors (Lipinski definition) is 0. The summed E-state index contributed by atoms with van der Waals surface area (Å²) >= 11 is 0. The second-order valence-electron chi connectivity index (χ2n) is 11.9. The summed E-state index contributed by atoms with van der Waals surface area (Å²) in [6.45, 7) is 3.97. The summed E-state index contributed by atoms with van der Waals surface area (Å²) in [5.41, 5.74) is 10.4. The summed E-state index contributed by atoms with van der Waals surface area (Å²) in [4.78, 5) is 52.0. The van der Waals surface area contributed by atoms with Crippen molar-refractivity contribution < 1.29 is 71.3 Å². The van der Waals surface area contributed by atoms with Gasteiger partial charge in [0.2, 0.25) is 6.29 Å². The van der Waals surface area contributed by atoms with Crippen molar-refractivity contribution >= 4 is 23.9 Å². The Morgan fingerprint density at radius 1 is 0.769 bits per heavy atom. The first-order chi connectivity index (χ1) is 25.0. The molecule has 3 aliphatic rings. The minimum atomic E-state index is -1.64. The number of carbonyl (C=O) groups is 4. The number of benzene rings is 2. The molecule has 0 aromatic heterocycles. The predicted octanol–water partition coefficient (Wildman–Crippen LogP) is 3.06. The van der Waals surface area contributed by atoms with Gasteiger partial charge < -0.3 is 52.1 Å². The molecule has 0 aliphatic carbocycles. The first kappa shape index (κ1) is 38.3. The standard InChI is InChI=1S/C34H39N3O15/c1-17(38)43-15-24-28(45-18(2)39)30(46-19(3)40)31(47-20(4)41)34(50-24)52-29-26(36-37-35)33(48-23-13-11-22(42-5)12-14-23)49-25-16-44-32(51-27(25)29)21-9-7-6-8-10-21/h6-14,24-34H,15-16H2,1-5H3/t24-,25+,26+,27-,28+,29+,30+,31-,32?,33+,34+/m0/s1. The van der Waals surface area contributed by atoms with Gasteiger partial charge in [-0.05, 0) is 29.8 Å². The number of methoxy groups -OCH3 is 1. The molecule has 11 atom stereocenters. The summed E-state index contributed by atoms with van der Waals surface area (Å²) in [5.74, 6) is -2.25. The van der Waals surface area contributed by atoms with Crippen molar-refractivity contribution in [3.63, 3.8) is 0 Å². The number of ether oxygens (including phenoxy) is 11. The first-order valence-electron chi connectivity index (χ1n) is 16.3. The van der Waals surface area contributed by atoms with Crippen molar-refractivity contribution in [1.29, 1.82) is 0 Å². The van der Waals surface area contributed by atoms with Crippen LogP contribution in [0.4, 0.5) is 0 Å². The molecule has 3 fully saturated rings. The highest BCUT2D eigenvalue weighted by Gasteiger charge is 2.57. The smallest absolute Gasteiger partial charge is 0.303 e. The van der Waals surface area contributed by atoms with E-state index in [0.717, 1.165) is 27.7 Å². The second-order valence-corrected chi connectivity index (χ2v) is 11.9. The minimum Gasteiger partial charge on any atom is -0.497 e. The first-order valence-corrected chi connectivity index (χ1v) is 16.3. The van der Waals surface area contributed by atoms with Crippen molar-refractivity contribution in [2.24, 2.45) is 5.11 Å². The molecular formula is C34H39N3O15. The van der Waals surface area contributed by atoms with Crippen LogP contribution in [0.25, 0.3) is 10.4 Å². The largest absolute Gasteiger partial charge is 0.497 e. The Morgan fingerprint density at radius 2 is 1.40 bits per heavy atom. The third-order valence-electron chi connectivity index (χ3n) is 8.12. The van der Waals surface area contributed by atoms with Gasteiger partial charge in [0, 0.05) is 38.2 Å². The maximum atomic E-state index is 12.5. The fraction of sp³-hybridized carbons (Fsp3) is 0.529. The zero-order valence-electron chi connectivity index (χ0n) is 28.9. The van der Waals surface area contributed by atoms with Crippen molar-refractivity contribution in [2.75, 3.05) is 20.3 Å². The zero-order chi connectivity index (χ0) is 37.4. The summed E-state index contributed by atoms with van der Waals surface area (Å²) in [7, 11) is 1.51. The van der Waals surface area contributed by atoms with Crippen molar-refractivity contribution in [2.45, 2.75) is 95.3 Å². The van der Waals surface area contributed by atoms with Gasteiger partial charge in [-0.3, -0.25) is 19.2 Å². The predicted molar refractivity (Wildman–Crippen MR) is 172 cm³/mol. The third kappa shape index (κ3) is 9.47. The number of esters is 4. The molecule has 0 radical (unpaired) electrons. The lowest BCUT2D eigenvalue weighted by Gasteiger charge is -2.50. The molecule has 0 amide bonds. The highest BCUT2D eigenvalue weighted by atomic mass is 16.8. The number of azide groups is 1. The van der Waals surface area contributed by atoms with E-state index in [4.69, 9.17) is 52.1 Å². The Morgan fingerprint density at radius 3 is 2.02 bits per heavy atom. The van der Waals surface area contributed by atoms with E-state index < -0.39 is 98.1 Å². The Hall–Kier alpha value is -4.97. The number of nitrogens with zero attached hydrogens (tertiary/aromatic N) is 3. The normalized spacial score (nSPS) is 31.1. The summed E-state index contributed by atoms with van der Waals surface area (Å²) in [6, 6.07) is 14.3. The average molecular weight is 730 g/mol. The fourth-order valence-electron chi connectivity index (χ4n) is 6.02. The number of hydrogen-bond acceptors (Lipinski definition) is 16. The monoisotopic (exact) mass is 729 g/mol. The van der Waals surface area contributed by atoms with E-state index >= 15 is 0 Å². The van der Waals surface area contributed by atoms with Gasteiger partial charge in [-0.15, -0.1) is 0 Å². The maximum Gasteiger partial charge on any atom is 0.303 e. The topological polar surface area (TPSA) is 219 Å². The highest BCUT2D eigenvalue weighted by Crippen LogP contribution is 2.40. The van der Waals surface area contributed by atoms with Gasteiger partial charge >= 0.3 is 23.9 Å². The fourth-order valence-corrected chi connectivity index (χ4v) is 6.02. The lowest BCUT2D eigenvalue weighted by molar-refractivity contribution is -0.370. The summed E-state index contributed by atoms with van der Waals surface area (Å²) in [5, 5.41) is 3.99. The lowest BCUT2D eigenvalue weighted by atomic mass is 9.94. The van der Waals surface area contributed by atoms with Gasteiger partial charge in [0.25, 0.3) is 0 Å². The Balaban J connectivity index is 1.56. The molecule has 1 unspecified atom stereocenters. The molecule has 3 heterocycles. The number of carbonyl (C=O) groups excluding carboxylic acids is 4. The van der Waals surface area contributed by atoms with Crippen LogP contribution in [0.1, 0.15) is 39.5 Å². The van der Waals surface area contributed by atoms with Gasteiger partial charge in [-0.25, -0.2) is 0 Å². The molecule has 18 heteroatoms. The molecule has 0 saturated carbocycles. The van der Waals surface area contributed by atoms with Crippen molar-refractivity contribution in [1.82, 2.24) is 0 Å². The summed E-state index contributed by atoms with van der Waals surface area (Å²) in [6.07, 6.45) is -12.8. The molecule has 3 saturated heterocycles. The Labute approximate surface area is 298 Å². The van der Waals surface area contributed by atoms with Gasteiger partial charge in [0.15, 0.2) is 30.9 Å². The van der Waals surface area contributed by atoms with E-state index in [9.17, 15) is 24.7 Å². The molecule has 0 N–H and O–H groups in total. The lowest BCUT2D eigenvalue weighted by Crippen LogP contribution is -2.67. The quantitative estimate of drug-likeness (QED) is 0.101. The molecule has 3 aliphatic heterocycles. The van der Waals surface area contributed by atoms with Gasteiger partial charge in [0.1, 0.15) is 48.6 Å². The maximum absolute atomic E-state index is 12.5. The van der Waals surface area contributed by atoms with Crippen LogP contribution in [0, 0.1) is 0 Å². The molecule has 0 bridgehead atoms. The summed E-state index contributed by atoms with van der Waals surface area (Å²) < 4.78 is 64.7. The molecule has 18 nitrogen and oxygen atoms in total. The van der Waals surface area contributed by atoms with Crippen LogP contribution in [0.2, 0.25) is 0 Å². The molecule has 2 aromatic carbocycles. The third-order valence-corrected chi connectivity index (χ3v) is 8.12. The Bertz CT molecular complexity index is 1600. The van der Waals surface area contributed by atoms with Crippen LogP contribution >= 0.6 is 0 Å². The van der Waals surface area contributed by atoms with Crippen molar-refractivity contribution in [3.8, 4) is 11.5 Å². The van der Waals surface area contributed by atoms with E-state index in [0.29, 0.717) is 17.1 Å². The minimum absolute atomic E-state index is 0.0197.